The lowest BCUT2D eigenvalue weighted by Gasteiger charge is -1.98. The molecule has 6 nitrogen and oxygen atoms in total. The van der Waals surface area contributed by atoms with Crippen LogP contribution in [-0.4, -0.2) is 21.3 Å². The minimum absolute atomic E-state index is 0.214. The van der Waals surface area contributed by atoms with Crippen molar-refractivity contribution in [3.8, 4) is 0 Å². The largest absolute Gasteiger partial charge is 0.361 e. The van der Waals surface area contributed by atoms with Crippen LogP contribution in [0, 0.1) is 6.92 Å². The molecule has 0 aliphatic heterocycles. The summed E-state index contributed by atoms with van der Waals surface area (Å²) in [5, 5.41) is 15.4. The summed E-state index contributed by atoms with van der Waals surface area (Å²) < 4.78 is 5.63. The summed E-state index contributed by atoms with van der Waals surface area (Å²) in [6.07, 6.45) is 0. The Balaban J connectivity index is 1.58. The molecule has 0 bridgehead atoms. The number of rotatable bonds is 5. The summed E-state index contributed by atoms with van der Waals surface area (Å²) in [5.41, 5.74) is 1.31. The minimum Gasteiger partial charge on any atom is -0.361 e. The lowest BCUT2D eigenvalue weighted by molar-refractivity contribution is 0.101. The monoisotopic (exact) mass is 366 g/mol. The van der Waals surface area contributed by atoms with E-state index in [1.165, 1.54) is 23.1 Å². The number of carbonyl (C=O) groups is 1. The maximum atomic E-state index is 11.9. The molecule has 0 saturated carbocycles. The third-order valence-electron chi connectivity index (χ3n) is 2.74. The lowest BCUT2D eigenvalue weighted by atomic mass is 10.2. The van der Waals surface area contributed by atoms with E-state index in [1.54, 1.807) is 13.0 Å². The quantitative estimate of drug-likeness (QED) is 0.542. The van der Waals surface area contributed by atoms with Gasteiger partial charge in [-0.15, -0.1) is 10.2 Å². The number of hydrogen-bond donors (Lipinski definition) is 1. The highest BCUT2D eigenvalue weighted by molar-refractivity contribution is 8.00. The molecule has 2 aromatic heterocycles. The standard InChI is InChI=1S/C14H11ClN4O2S2/c1-8-5-11(19-21-8)12(20)16-13-17-18-14(23-13)22-7-9-3-2-4-10(15)6-9/h2-6H,7H2,1H3,(H,16,17,20). The molecular weight excluding hydrogens is 356 g/mol. The summed E-state index contributed by atoms with van der Waals surface area (Å²) >= 11 is 8.79. The molecule has 118 valence electrons. The lowest BCUT2D eigenvalue weighted by Crippen LogP contribution is -2.11. The number of nitrogens with one attached hydrogen (secondary N) is 1. The fraction of sp³-hybridized carbons (Fsp3) is 0.143. The number of nitrogens with zero attached hydrogens (tertiary/aromatic N) is 3. The van der Waals surface area contributed by atoms with E-state index in [0.29, 0.717) is 15.9 Å². The van der Waals surface area contributed by atoms with Crippen molar-refractivity contribution in [1.82, 2.24) is 15.4 Å². The average Bonchev–Trinajstić information content (AvgIpc) is 3.14. The van der Waals surface area contributed by atoms with Crippen molar-refractivity contribution >= 4 is 45.7 Å². The van der Waals surface area contributed by atoms with Crippen LogP contribution >= 0.6 is 34.7 Å². The molecule has 9 heteroatoms. The highest BCUT2D eigenvalue weighted by Gasteiger charge is 2.14. The van der Waals surface area contributed by atoms with Gasteiger partial charge in [0.05, 0.1) is 0 Å². The zero-order valence-corrected chi connectivity index (χ0v) is 14.3. The molecule has 1 aromatic carbocycles. The van der Waals surface area contributed by atoms with Gasteiger partial charge in [-0.2, -0.15) is 0 Å². The maximum Gasteiger partial charge on any atom is 0.279 e. The normalized spacial score (nSPS) is 10.7. The molecule has 0 aliphatic rings. The van der Waals surface area contributed by atoms with Gasteiger partial charge in [0, 0.05) is 16.8 Å². The third-order valence-corrected chi connectivity index (χ3v) is 5.02. The highest BCUT2D eigenvalue weighted by atomic mass is 35.5. The molecule has 23 heavy (non-hydrogen) atoms. The van der Waals surface area contributed by atoms with E-state index >= 15 is 0 Å². The molecule has 0 spiro atoms. The van der Waals surface area contributed by atoms with Gasteiger partial charge in [-0.3, -0.25) is 10.1 Å². The molecule has 0 atom stereocenters. The first-order valence-corrected chi connectivity index (χ1v) is 8.73. The van der Waals surface area contributed by atoms with E-state index in [2.05, 4.69) is 20.7 Å². The Kier molecular flexibility index (Phi) is 4.94. The van der Waals surface area contributed by atoms with E-state index in [4.69, 9.17) is 16.1 Å². The zero-order chi connectivity index (χ0) is 16.2. The number of benzene rings is 1. The number of anilines is 1. The molecule has 0 unspecified atom stereocenters. The molecule has 0 fully saturated rings. The second-order valence-electron chi connectivity index (χ2n) is 4.57. The van der Waals surface area contributed by atoms with Crippen LogP contribution in [0.1, 0.15) is 21.8 Å². The van der Waals surface area contributed by atoms with Crippen molar-refractivity contribution in [1.29, 1.82) is 0 Å². The molecule has 1 amide bonds. The van der Waals surface area contributed by atoms with Crippen LogP contribution in [-0.2, 0) is 5.75 Å². The van der Waals surface area contributed by atoms with Crippen LogP contribution in [0.5, 0.6) is 0 Å². The summed E-state index contributed by atoms with van der Waals surface area (Å²) in [5.74, 6) is 0.931. The number of aryl methyl sites for hydroxylation is 1. The van der Waals surface area contributed by atoms with Gasteiger partial charge in [-0.05, 0) is 24.6 Å². The van der Waals surface area contributed by atoms with Gasteiger partial charge in [0.2, 0.25) is 5.13 Å². The van der Waals surface area contributed by atoms with Crippen molar-refractivity contribution in [2.75, 3.05) is 5.32 Å². The molecule has 0 aliphatic carbocycles. The second kappa shape index (κ2) is 7.12. The molecule has 3 rings (SSSR count). The van der Waals surface area contributed by atoms with Crippen LogP contribution in [0.4, 0.5) is 5.13 Å². The van der Waals surface area contributed by atoms with E-state index in [9.17, 15) is 4.79 Å². The van der Waals surface area contributed by atoms with Crippen LogP contribution < -0.4 is 5.32 Å². The Morgan fingerprint density at radius 2 is 2.26 bits per heavy atom. The Hall–Kier alpha value is -1.90. The molecule has 1 N–H and O–H groups in total. The Morgan fingerprint density at radius 3 is 3.00 bits per heavy atom. The fourth-order valence-electron chi connectivity index (χ4n) is 1.72. The van der Waals surface area contributed by atoms with Crippen LogP contribution in [0.2, 0.25) is 5.02 Å². The van der Waals surface area contributed by atoms with Gasteiger partial charge < -0.3 is 4.52 Å². The number of hydrogen-bond acceptors (Lipinski definition) is 7. The predicted octanol–water partition coefficient (Wildman–Crippen LogP) is 4.03. The first-order chi connectivity index (χ1) is 11.1. The van der Waals surface area contributed by atoms with Crippen LogP contribution in [0.3, 0.4) is 0 Å². The topological polar surface area (TPSA) is 80.9 Å². The summed E-state index contributed by atoms with van der Waals surface area (Å²) in [7, 11) is 0. The molecule has 0 saturated heterocycles. The predicted molar refractivity (Wildman–Crippen MR) is 90.1 cm³/mol. The molecule has 2 heterocycles. The first-order valence-electron chi connectivity index (χ1n) is 6.55. The fourth-order valence-corrected chi connectivity index (χ4v) is 3.63. The van der Waals surface area contributed by atoms with E-state index in [0.717, 1.165) is 15.7 Å². The summed E-state index contributed by atoms with van der Waals surface area (Å²) in [6, 6.07) is 9.20. The van der Waals surface area contributed by atoms with Crippen molar-refractivity contribution in [2.24, 2.45) is 0 Å². The number of halogens is 1. The van der Waals surface area contributed by atoms with Gasteiger partial charge in [0.1, 0.15) is 5.76 Å². The minimum atomic E-state index is -0.371. The molecular formula is C14H11ClN4O2S2. The number of aromatic nitrogens is 3. The Bertz CT molecular complexity index is 834. The van der Waals surface area contributed by atoms with Gasteiger partial charge in [0.15, 0.2) is 10.0 Å². The van der Waals surface area contributed by atoms with Gasteiger partial charge >= 0.3 is 0 Å². The van der Waals surface area contributed by atoms with Crippen LogP contribution in [0.25, 0.3) is 0 Å². The summed E-state index contributed by atoms with van der Waals surface area (Å²) in [4.78, 5) is 11.9. The first kappa shape index (κ1) is 16.0. The molecule has 0 radical (unpaired) electrons. The zero-order valence-electron chi connectivity index (χ0n) is 11.9. The van der Waals surface area contributed by atoms with Gasteiger partial charge in [-0.1, -0.05) is 52.0 Å². The van der Waals surface area contributed by atoms with Crippen molar-refractivity contribution in [2.45, 2.75) is 17.0 Å². The van der Waals surface area contributed by atoms with Crippen molar-refractivity contribution in [3.05, 3.63) is 52.4 Å². The second-order valence-corrected chi connectivity index (χ2v) is 7.21. The number of carbonyl (C=O) groups excluding carboxylic acids is 1. The van der Waals surface area contributed by atoms with Gasteiger partial charge in [-0.25, -0.2) is 0 Å². The van der Waals surface area contributed by atoms with E-state index in [-0.39, 0.29) is 11.6 Å². The summed E-state index contributed by atoms with van der Waals surface area (Å²) in [6.45, 7) is 1.72. The SMILES string of the molecule is Cc1cc(C(=O)Nc2nnc(SCc3cccc(Cl)c3)s2)no1. The Labute approximate surface area is 145 Å². The highest BCUT2D eigenvalue weighted by Crippen LogP contribution is 2.29. The average molecular weight is 367 g/mol. The Morgan fingerprint density at radius 1 is 1.39 bits per heavy atom. The maximum absolute atomic E-state index is 11.9. The van der Waals surface area contributed by atoms with Gasteiger partial charge in [0.25, 0.3) is 5.91 Å². The van der Waals surface area contributed by atoms with E-state index < -0.39 is 0 Å². The molecule has 3 aromatic rings. The van der Waals surface area contributed by atoms with Crippen LogP contribution in [0.15, 0.2) is 39.2 Å². The number of amides is 1. The third kappa shape index (κ3) is 4.31. The van der Waals surface area contributed by atoms with E-state index in [1.807, 2.05) is 24.3 Å². The number of thioether (sulfide) groups is 1. The van der Waals surface area contributed by atoms with Crippen molar-refractivity contribution in [3.63, 3.8) is 0 Å². The smallest absolute Gasteiger partial charge is 0.279 e. The van der Waals surface area contributed by atoms with Crippen molar-refractivity contribution < 1.29 is 9.32 Å².